The van der Waals surface area contributed by atoms with Gasteiger partial charge in [0.1, 0.15) is 0 Å². The van der Waals surface area contributed by atoms with E-state index >= 15 is 0 Å². The second-order valence-electron chi connectivity index (χ2n) is 4.16. The van der Waals surface area contributed by atoms with Gasteiger partial charge in [0.2, 0.25) is 10.0 Å². The van der Waals surface area contributed by atoms with Gasteiger partial charge in [0.05, 0.1) is 11.0 Å². The van der Waals surface area contributed by atoms with Gasteiger partial charge in [-0.3, -0.25) is 10.1 Å². The molecule has 0 saturated carbocycles. The molecule has 0 radical (unpaired) electrons. The summed E-state index contributed by atoms with van der Waals surface area (Å²) < 4.78 is 26.7. The number of sulfonamides is 1. The summed E-state index contributed by atoms with van der Waals surface area (Å²) in [5.74, 6) is 0. The second kappa shape index (κ2) is 7.11. The Labute approximate surface area is 125 Å². The topological polar surface area (TPSA) is 110 Å². The lowest BCUT2D eigenvalue weighted by Gasteiger charge is -2.11. The molecule has 9 heteroatoms. The van der Waals surface area contributed by atoms with Crippen LogP contribution in [0.4, 0.5) is 5.69 Å². The molecule has 0 aromatic heterocycles. The molecule has 0 aliphatic rings. The van der Waals surface area contributed by atoms with Crippen molar-refractivity contribution >= 4 is 31.6 Å². The number of nitrogens with one attached hydrogen (secondary N) is 1. The van der Waals surface area contributed by atoms with E-state index in [1.54, 1.807) is 0 Å². The Morgan fingerprint density at radius 1 is 1.50 bits per heavy atom. The highest BCUT2D eigenvalue weighted by atomic mass is 79.9. The van der Waals surface area contributed by atoms with Gasteiger partial charge < -0.3 is 5.11 Å². The highest BCUT2D eigenvalue weighted by Gasteiger charge is 2.26. The lowest BCUT2D eigenvalue weighted by molar-refractivity contribution is -0.387. The molecule has 0 amide bonds. The number of aliphatic hydroxyl groups excluding tert-OH is 1. The van der Waals surface area contributed by atoms with E-state index in [1.165, 1.54) is 6.07 Å². The Morgan fingerprint density at radius 2 is 2.15 bits per heavy atom. The van der Waals surface area contributed by atoms with Crippen LogP contribution in [0.5, 0.6) is 0 Å². The highest BCUT2D eigenvalue weighted by molar-refractivity contribution is 9.10. The van der Waals surface area contributed by atoms with E-state index in [9.17, 15) is 23.6 Å². The van der Waals surface area contributed by atoms with Gasteiger partial charge in [0, 0.05) is 17.1 Å². The van der Waals surface area contributed by atoms with E-state index in [1.807, 2.05) is 6.92 Å². The molecule has 0 aliphatic heterocycles. The predicted molar refractivity (Wildman–Crippen MR) is 76.9 cm³/mol. The Kier molecular flexibility index (Phi) is 6.06. The number of halogens is 1. The zero-order valence-electron chi connectivity index (χ0n) is 10.7. The summed E-state index contributed by atoms with van der Waals surface area (Å²) in [6.45, 7) is 1.68. The first kappa shape index (κ1) is 17.0. The van der Waals surface area contributed by atoms with Crippen LogP contribution < -0.4 is 4.72 Å². The van der Waals surface area contributed by atoms with Crippen LogP contribution in [0.25, 0.3) is 0 Å². The van der Waals surface area contributed by atoms with E-state index in [4.69, 9.17) is 0 Å². The third kappa shape index (κ3) is 4.51. The summed E-state index contributed by atoms with van der Waals surface area (Å²) in [7, 11) is -4.05. The van der Waals surface area contributed by atoms with Gasteiger partial charge in [0.15, 0.2) is 4.90 Å². The van der Waals surface area contributed by atoms with E-state index in [0.717, 1.165) is 12.1 Å². The summed E-state index contributed by atoms with van der Waals surface area (Å²) in [5.41, 5.74) is -0.509. The van der Waals surface area contributed by atoms with Crippen molar-refractivity contribution in [1.82, 2.24) is 4.72 Å². The summed E-state index contributed by atoms with van der Waals surface area (Å²) in [6.07, 6.45) is 0.337. The Bertz CT molecular complexity index is 590. The Morgan fingerprint density at radius 3 is 2.70 bits per heavy atom. The summed E-state index contributed by atoms with van der Waals surface area (Å²) in [4.78, 5) is 9.68. The van der Waals surface area contributed by atoms with Crippen molar-refractivity contribution in [2.75, 3.05) is 6.54 Å². The quantitative estimate of drug-likeness (QED) is 0.564. The lowest BCUT2D eigenvalue weighted by atomic mass is 10.2. The number of benzene rings is 1. The van der Waals surface area contributed by atoms with Crippen LogP contribution in [-0.4, -0.2) is 31.1 Å². The zero-order chi connectivity index (χ0) is 15.3. The van der Waals surface area contributed by atoms with Crippen LogP contribution in [0.1, 0.15) is 19.8 Å². The van der Waals surface area contributed by atoms with Crippen LogP contribution in [0.2, 0.25) is 0 Å². The maximum Gasteiger partial charge on any atom is 0.289 e. The molecule has 1 rings (SSSR count). The zero-order valence-corrected chi connectivity index (χ0v) is 13.1. The Hall–Kier alpha value is -1.03. The van der Waals surface area contributed by atoms with E-state index in [2.05, 4.69) is 20.7 Å². The molecular formula is C11H15BrN2O5S. The van der Waals surface area contributed by atoms with Gasteiger partial charge in [-0.05, 0) is 18.6 Å². The number of nitrogens with zero attached hydrogens (tertiary/aromatic N) is 1. The van der Waals surface area contributed by atoms with E-state index in [0.29, 0.717) is 17.3 Å². The molecule has 2 N–H and O–H groups in total. The molecule has 0 bridgehead atoms. The minimum absolute atomic E-state index is 0.181. The third-order valence-electron chi connectivity index (χ3n) is 2.54. The minimum atomic E-state index is -4.05. The first-order valence-corrected chi connectivity index (χ1v) is 8.17. The van der Waals surface area contributed by atoms with Crippen LogP contribution in [0, 0.1) is 10.1 Å². The fourth-order valence-electron chi connectivity index (χ4n) is 1.57. The molecule has 1 aromatic carbocycles. The molecule has 0 saturated heterocycles. The van der Waals surface area contributed by atoms with Crippen molar-refractivity contribution in [3.05, 3.63) is 32.8 Å². The van der Waals surface area contributed by atoms with Crippen LogP contribution in [0.3, 0.4) is 0 Å². The number of nitro benzene ring substituents is 1. The average molecular weight is 367 g/mol. The van der Waals surface area contributed by atoms with Crippen molar-refractivity contribution in [3.63, 3.8) is 0 Å². The lowest BCUT2D eigenvalue weighted by Crippen LogP contribution is -2.32. The summed E-state index contributed by atoms with van der Waals surface area (Å²) >= 11 is 3.08. The molecule has 7 nitrogen and oxygen atoms in total. The minimum Gasteiger partial charge on any atom is -0.392 e. The third-order valence-corrected chi connectivity index (χ3v) is 4.48. The van der Waals surface area contributed by atoms with Crippen molar-refractivity contribution in [2.24, 2.45) is 0 Å². The first-order chi connectivity index (χ1) is 9.27. The van der Waals surface area contributed by atoms with Gasteiger partial charge >= 0.3 is 0 Å². The smallest absolute Gasteiger partial charge is 0.289 e. The van der Waals surface area contributed by atoms with Gasteiger partial charge in [-0.1, -0.05) is 29.3 Å². The largest absolute Gasteiger partial charge is 0.392 e. The fraction of sp³-hybridized carbons (Fsp3) is 0.455. The van der Waals surface area contributed by atoms with Gasteiger partial charge in [0.25, 0.3) is 5.69 Å². The number of rotatable bonds is 7. The molecular weight excluding hydrogens is 352 g/mol. The normalized spacial score (nSPS) is 13.2. The molecule has 112 valence electrons. The van der Waals surface area contributed by atoms with Gasteiger partial charge in [-0.25, -0.2) is 13.1 Å². The summed E-state index contributed by atoms with van der Waals surface area (Å²) in [6, 6.07) is 3.66. The van der Waals surface area contributed by atoms with E-state index in [-0.39, 0.29) is 6.54 Å². The number of hydrogen-bond acceptors (Lipinski definition) is 5. The van der Waals surface area contributed by atoms with Crippen molar-refractivity contribution in [3.8, 4) is 0 Å². The van der Waals surface area contributed by atoms with Crippen molar-refractivity contribution in [1.29, 1.82) is 0 Å². The molecule has 0 aliphatic carbocycles. The highest BCUT2D eigenvalue weighted by Crippen LogP contribution is 2.27. The molecule has 0 heterocycles. The van der Waals surface area contributed by atoms with E-state index < -0.39 is 31.6 Å². The SMILES string of the molecule is CCCC(O)CNS(=O)(=O)c1cc(Br)ccc1[N+](=O)[O-]. The maximum atomic E-state index is 12.1. The van der Waals surface area contributed by atoms with Crippen molar-refractivity contribution < 1.29 is 18.4 Å². The monoisotopic (exact) mass is 366 g/mol. The second-order valence-corrected chi connectivity index (χ2v) is 6.81. The molecule has 0 fully saturated rings. The standard InChI is InChI=1S/C11H15BrN2O5S/c1-2-3-9(15)7-13-20(18,19)11-6-8(12)4-5-10(11)14(16)17/h4-6,9,13,15H,2-3,7H2,1H3. The van der Waals surface area contributed by atoms with Crippen LogP contribution in [-0.2, 0) is 10.0 Å². The molecule has 1 atom stereocenters. The van der Waals surface area contributed by atoms with Crippen molar-refractivity contribution in [2.45, 2.75) is 30.8 Å². The predicted octanol–water partition coefficient (Wildman–Crippen LogP) is 1.80. The van der Waals surface area contributed by atoms with Gasteiger partial charge in [-0.15, -0.1) is 0 Å². The Balaban J connectivity index is 3.03. The number of hydrogen-bond donors (Lipinski definition) is 2. The fourth-order valence-corrected chi connectivity index (χ4v) is 3.35. The number of nitro groups is 1. The van der Waals surface area contributed by atoms with Crippen LogP contribution in [0.15, 0.2) is 27.6 Å². The first-order valence-electron chi connectivity index (χ1n) is 5.89. The molecule has 1 aromatic rings. The number of aliphatic hydroxyl groups is 1. The summed E-state index contributed by atoms with van der Waals surface area (Å²) in [5, 5.41) is 20.4. The molecule has 0 spiro atoms. The average Bonchev–Trinajstić information content (AvgIpc) is 2.36. The van der Waals surface area contributed by atoms with Crippen LogP contribution >= 0.6 is 15.9 Å². The van der Waals surface area contributed by atoms with Gasteiger partial charge in [-0.2, -0.15) is 0 Å². The molecule has 20 heavy (non-hydrogen) atoms. The molecule has 1 unspecified atom stereocenters. The maximum absolute atomic E-state index is 12.1.